The molecule has 0 atom stereocenters. The van der Waals surface area contributed by atoms with Crippen molar-refractivity contribution in [1.29, 1.82) is 0 Å². The van der Waals surface area contributed by atoms with Crippen LogP contribution < -0.4 is 15.4 Å². The molecule has 132 valence electrons. The highest BCUT2D eigenvalue weighted by Crippen LogP contribution is 2.29. The summed E-state index contributed by atoms with van der Waals surface area (Å²) in [6.07, 6.45) is 1.37. The lowest BCUT2D eigenvalue weighted by molar-refractivity contribution is 0.102. The Morgan fingerprint density at radius 1 is 1.00 bits per heavy atom. The van der Waals surface area contributed by atoms with Crippen molar-refractivity contribution in [1.82, 2.24) is 9.97 Å². The molecule has 1 aromatic heterocycles. The minimum absolute atomic E-state index is 0.209. The summed E-state index contributed by atoms with van der Waals surface area (Å²) in [5, 5.41) is 6.00. The highest BCUT2D eigenvalue weighted by molar-refractivity contribution is 6.04. The highest BCUT2D eigenvalue weighted by Gasteiger charge is 2.13. The number of ether oxygens (including phenoxy) is 1. The Kier molecular flexibility index (Phi) is 5.43. The number of hydrogen-bond acceptors (Lipinski definition) is 5. The molecular weight excluding hydrogens is 328 g/mol. The molecule has 3 aromatic rings. The van der Waals surface area contributed by atoms with Crippen LogP contribution >= 0.6 is 0 Å². The summed E-state index contributed by atoms with van der Waals surface area (Å²) >= 11 is 0. The van der Waals surface area contributed by atoms with E-state index in [1.165, 1.54) is 6.33 Å². The number of hydrogen-bond donors (Lipinski definition) is 2. The summed E-state index contributed by atoms with van der Waals surface area (Å²) < 4.78 is 5.86. The summed E-state index contributed by atoms with van der Waals surface area (Å²) in [6, 6.07) is 18.5. The Morgan fingerprint density at radius 3 is 2.50 bits per heavy atom. The number of anilines is 2. The molecule has 0 aliphatic heterocycles. The molecule has 3 rings (SSSR count). The minimum atomic E-state index is -0.330. The second-order valence-corrected chi connectivity index (χ2v) is 5.95. The lowest BCUT2D eigenvalue weighted by Crippen LogP contribution is -2.16. The predicted octanol–water partition coefficient (Wildman–Crippen LogP) is 4.34. The smallest absolute Gasteiger partial charge is 0.274 e. The van der Waals surface area contributed by atoms with Crippen molar-refractivity contribution >= 4 is 17.4 Å². The summed E-state index contributed by atoms with van der Waals surface area (Å²) in [4.78, 5) is 20.7. The summed E-state index contributed by atoms with van der Waals surface area (Å²) in [6.45, 7) is 4.00. The molecule has 2 aromatic carbocycles. The normalized spacial score (nSPS) is 10.4. The van der Waals surface area contributed by atoms with Crippen molar-refractivity contribution in [2.75, 3.05) is 10.6 Å². The zero-order chi connectivity index (χ0) is 18.4. The Balaban J connectivity index is 1.78. The Labute approximate surface area is 152 Å². The molecule has 0 fully saturated rings. The molecule has 26 heavy (non-hydrogen) atoms. The predicted molar refractivity (Wildman–Crippen MR) is 102 cm³/mol. The lowest BCUT2D eigenvalue weighted by Gasteiger charge is -2.13. The molecule has 0 saturated heterocycles. The van der Waals surface area contributed by atoms with Crippen molar-refractivity contribution < 1.29 is 9.53 Å². The van der Waals surface area contributed by atoms with Gasteiger partial charge in [0.1, 0.15) is 23.6 Å². The third kappa shape index (κ3) is 4.57. The number of aromatic nitrogens is 2. The van der Waals surface area contributed by atoms with Crippen LogP contribution in [0.25, 0.3) is 0 Å². The van der Waals surface area contributed by atoms with Gasteiger partial charge in [-0.05, 0) is 38.1 Å². The highest BCUT2D eigenvalue weighted by atomic mass is 16.5. The molecule has 0 bridgehead atoms. The quantitative estimate of drug-likeness (QED) is 0.693. The summed E-state index contributed by atoms with van der Waals surface area (Å²) in [7, 11) is 0. The van der Waals surface area contributed by atoms with Gasteiger partial charge in [-0.1, -0.05) is 30.3 Å². The zero-order valence-corrected chi connectivity index (χ0v) is 14.6. The van der Waals surface area contributed by atoms with Gasteiger partial charge < -0.3 is 15.4 Å². The molecule has 0 spiro atoms. The van der Waals surface area contributed by atoms with E-state index in [4.69, 9.17) is 4.74 Å². The van der Waals surface area contributed by atoms with Gasteiger partial charge in [-0.3, -0.25) is 4.79 Å². The summed E-state index contributed by atoms with van der Waals surface area (Å²) in [5.74, 6) is 1.53. The van der Waals surface area contributed by atoms with Crippen molar-refractivity contribution in [3.05, 3.63) is 72.7 Å². The van der Waals surface area contributed by atoms with E-state index in [-0.39, 0.29) is 17.6 Å². The first kappa shape index (κ1) is 17.4. The average Bonchev–Trinajstić information content (AvgIpc) is 2.64. The number of nitrogens with zero attached hydrogens (tertiary/aromatic N) is 2. The van der Waals surface area contributed by atoms with Crippen LogP contribution in [0.4, 0.5) is 11.5 Å². The van der Waals surface area contributed by atoms with Crippen LogP contribution in [0.15, 0.2) is 67.0 Å². The van der Waals surface area contributed by atoms with Gasteiger partial charge in [-0.25, -0.2) is 9.97 Å². The number of carbonyl (C=O) groups excluding carboxylic acids is 1. The van der Waals surface area contributed by atoms with Gasteiger partial charge in [-0.2, -0.15) is 0 Å². The van der Waals surface area contributed by atoms with Crippen LogP contribution in [-0.2, 0) is 0 Å². The Hall–Kier alpha value is -3.41. The maximum Gasteiger partial charge on any atom is 0.274 e. The first-order valence-electron chi connectivity index (χ1n) is 8.33. The summed E-state index contributed by atoms with van der Waals surface area (Å²) in [5.41, 5.74) is 0.844. The molecule has 2 N–H and O–H groups in total. The van der Waals surface area contributed by atoms with Gasteiger partial charge in [0.2, 0.25) is 0 Å². The van der Waals surface area contributed by atoms with Crippen LogP contribution in [0, 0.1) is 0 Å². The third-order valence-electron chi connectivity index (χ3n) is 3.44. The molecule has 0 aliphatic carbocycles. The maximum atomic E-state index is 12.6. The van der Waals surface area contributed by atoms with Gasteiger partial charge in [-0.15, -0.1) is 0 Å². The largest absolute Gasteiger partial charge is 0.455 e. The molecular formula is C20H20N4O2. The Bertz CT molecular complexity index is 882. The van der Waals surface area contributed by atoms with E-state index >= 15 is 0 Å². The van der Waals surface area contributed by atoms with Gasteiger partial charge in [0.15, 0.2) is 5.75 Å². The third-order valence-corrected chi connectivity index (χ3v) is 3.44. The number of nitrogens with one attached hydrogen (secondary N) is 2. The average molecular weight is 348 g/mol. The first-order valence-corrected chi connectivity index (χ1v) is 8.33. The van der Waals surface area contributed by atoms with E-state index in [0.717, 1.165) is 0 Å². The number of para-hydroxylation sites is 3. The van der Waals surface area contributed by atoms with Crippen molar-refractivity contribution in [2.45, 2.75) is 19.9 Å². The SMILES string of the molecule is CC(C)Nc1cc(C(=O)Nc2ccccc2Oc2ccccc2)ncn1. The molecule has 0 aliphatic rings. The molecule has 6 nitrogen and oxygen atoms in total. The molecule has 1 amide bonds. The fourth-order valence-corrected chi connectivity index (χ4v) is 2.32. The lowest BCUT2D eigenvalue weighted by atomic mass is 10.2. The van der Waals surface area contributed by atoms with Crippen LogP contribution in [0.1, 0.15) is 24.3 Å². The van der Waals surface area contributed by atoms with E-state index in [1.54, 1.807) is 18.2 Å². The van der Waals surface area contributed by atoms with Crippen LogP contribution in [0.5, 0.6) is 11.5 Å². The second kappa shape index (κ2) is 8.11. The fraction of sp³-hybridized carbons (Fsp3) is 0.150. The van der Waals surface area contributed by atoms with Gasteiger partial charge in [0.25, 0.3) is 5.91 Å². The molecule has 0 unspecified atom stereocenters. The van der Waals surface area contributed by atoms with E-state index in [0.29, 0.717) is 23.0 Å². The number of benzene rings is 2. The first-order chi connectivity index (χ1) is 12.6. The van der Waals surface area contributed by atoms with E-state index < -0.39 is 0 Å². The van der Waals surface area contributed by atoms with Crippen LogP contribution in [-0.4, -0.2) is 21.9 Å². The van der Waals surface area contributed by atoms with Gasteiger partial charge in [0.05, 0.1) is 5.69 Å². The number of rotatable bonds is 6. The minimum Gasteiger partial charge on any atom is -0.455 e. The Morgan fingerprint density at radius 2 is 1.73 bits per heavy atom. The van der Waals surface area contributed by atoms with E-state index in [2.05, 4.69) is 20.6 Å². The van der Waals surface area contributed by atoms with Gasteiger partial charge in [0, 0.05) is 12.1 Å². The standard InChI is InChI=1S/C20H20N4O2/c1-14(2)23-19-12-17(21-13-22-19)20(25)24-16-10-6-7-11-18(16)26-15-8-4-3-5-9-15/h3-14H,1-2H3,(H,24,25)(H,21,22,23). The topological polar surface area (TPSA) is 76.1 Å². The zero-order valence-electron chi connectivity index (χ0n) is 14.6. The van der Waals surface area contributed by atoms with Crippen LogP contribution in [0.3, 0.4) is 0 Å². The van der Waals surface area contributed by atoms with Crippen molar-refractivity contribution in [3.63, 3.8) is 0 Å². The number of amides is 1. The van der Waals surface area contributed by atoms with Crippen molar-refractivity contribution in [2.24, 2.45) is 0 Å². The van der Waals surface area contributed by atoms with E-state index in [9.17, 15) is 4.79 Å². The second-order valence-electron chi connectivity index (χ2n) is 5.95. The van der Waals surface area contributed by atoms with Gasteiger partial charge >= 0.3 is 0 Å². The molecule has 1 heterocycles. The fourth-order valence-electron chi connectivity index (χ4n) is 2.32. The van der Waals surface area contributed by atoms with E-state index in [1.807, 2.05) is 56.3 Å². The number of carbonyl (C=O) groups is 1. The molecule has 0 radical (unpaired) electrons. The molecule has 6 heteroatoms. The van der Waals surface area contributed by atoms with Crippen LogP contribution in [0.2, 0.25) is 0 Å². The maximum absolute atomic E-state index is 12.6. The molecule has 0 saturated carbocycles. The monoisotopic (exact) mass is 348 g/mol. The van der Waals surface area contributed by atoms with Crippen molar-refractivity contribution in [3.8, 4) is 11.5 Å².